The Hall–Kier alpha value is -0.990. The molecule has 0 amide bonds. The summed E-state index contributed by atoms with van der Waals surface area (Å²) in [6.45, 7) is 4.13. The van der Waals surface area contributed by atoms with Crippen LogP contribution in [0.3, 0.4) is 0 Å². The largest absolute Gasteiger partial charge is 0.472 e. The van der Waals surface area contributed by atoms with Gasteiger partial charge in [0.2, 0.25) is 0 Å². The van der Waals surface area contributed by atoms with Gasteiger partial charge in [-0.05, 0) is 12.8 Å². The van der Waals surface area contributed by atoms with Crippen molar-refractivity contribution in [3.05, 3.63) is 0 Å². The van der Waals surface area contributed by atoms with Gasteiger partial charge in [-0.3, -0.25) is 18.6 Å². The number of phosphoric acid groups is 1. The Morgan fingerprint density at radius 1 is 0.818 bits per heavy atom. The number of rotatable bonds is 21. The first kappa shape index (κ1) is 32.0. The molecule has 196 valence electrons. The van der Waals surface area contributed by atoms with Crippen LogP contribution in [0.5, 0.6) is 0 Å². The molecule has 1 N–H and O–H groups in total. The SMILES string of the molecule is CCCCCCCC(=O)O[C@@H](COC(=O)CCCCCC)COP(=O)(O)OCC[N+](C)(C)C. The van der Waals surface area contributed by atoms with Gasteiger partial charge in [0.05, 0.1) is 27.7 Å². The smallest absolute Gasteiger partial charge is 0.462 e. The van der Waals surface area contributed by atoms with Crippen LogP contribution in [0.4, 0.5) is 0 Å². The molecule has 0 aliphatic rings. The molecule has 0 saturated carbocycles. The average molecular weight is 497 g/mol. The van der Waals surface area contributed by atoms with E-state index < -0.39 is 32.5 Å². The van der Waals surface area contributed by atoms with E-state index in [4.69, 9.17) is 18.5 Å². The molecule has 0 fully saturated rings. The lowest BCUT2D eigenvalue weighted by atomic mass is 10.1. The van der Waals surface area contributed by atoms with Crippen molar-refractivity contribution >= 4 is 19.8 Å². The summed E-state index contributed by atoms with van der Waals surface area (Å²) in [4.78, 5) is 34.1. The normalized spacial score (nSPS) is 14.5. The van der Waals surface area contributed by atoms with E-state index in [-0.39, 0.29) is 26.1 Å². The number of ether oxygens (including phenoxy) is 2. The predicted molar refractivity (Wildman–Crippen MR) is 128 cm³/mol. The minimum Gasteiger partial charge on any atom is -0.462 e. The van der Waals surface area contributed by atoms with Crippen LogP contribution < -0.4 is 0 Å². The van der Waals surface area contributed by atoms with Gasteiger partial charge in [-0.1, -0.05) is 58.8 Å². The van der Waals surface area contributed by atoms with Gasteiger partial charge in [0.15, 0.2) is 6.10 Å². The molecule has 0 bridgehead atoms. The van der Waals surface area contributed by atoms with E-state index in [0.29, 0.717) is 17.4 Å². The second-order valence-electron chi connectivity index (χ2n) is 9.38. The van der Waals surface area contributed by atoms with Crippen LogP contribution in [0.25, 0.3) is 0 Å². The summed E-state index contributed by atoms with van der Waals surface area (Å²) in [6, 6.07) is 0. The standard InChI is InChI=1S/C23H46NO8P/c1-6-8-10-12-14-16-23(26)32-21(19-29-22(25)15-13-11-9-7-2)20-31-33(27,28)30-18-17-24(3,4)5/h21H,6-20H2,1-5H3/p+1/t21-/m0/s1. The Kier molecular flexibility index (Phi) is 17.8. The molecule has 9 nitrogen and oxygen atoms in total. The van der Waals surface area contributed by atoms with Gasteiger partial charge in [-0.15, -0.1) is 0 Å². The second-order valence-corrected chi connectivity index (χ2v) is 10.8. The highest BCUT2D eigenvalue weighted by atomic mass is 31.2. The third kappa shape index (κ3) is 21.3. The Morgan fingerprint density at radius 3 is 1.94 bits per heavy atom. The number of unbranched alkanes of at least 4 members (excludes halogenated alkanes) is 7. The maximum atomic E-state index is 12.2. The first-order valence-electron chi connectivity index (χ1n) is 12.3. The highest BCUT2D eigenvalue weighted by molar-refractivity contribution is 7.47. The number of hydrogen-bond acceptors (Lipinski definition) is 7. The quantitative estimate of drug-likeness (QED) is 0.106. The molecule has 0 aromatic heterocycles. The summed E-state index contributed by atoms with van der Waals surface area (Å²) in [5, 5.41) is 0. The van der Waals surface area contributed by atoms with Gasteiger partial charge in [0, 0.05) is 12.8 Å². The van der Waals surface area contributed by atoms with Crippen LogP contribution in [0.15, 0.2) is 0 Å². The van der Waals surface area contributed by atoms with E-state index in [1.807, 2.05) is 21.1 Å². The number of likely N-dealkylation sites (N-methyl/N-ethyl adjacent to an activating group) is 1. The van der Waals surface area contributed by atoms with Crippen LogP contribution in [0.1, 0.15) is 84.5 Å². The number of carbonyl (C=O) groups is 2. The minimum absolute atomic E-state index is 0.0340. The van der Waals surface area contributed by atoms with E-state index in [9.17, 15) is 19.0 Å². The third-order valence-electron chi connectivity index (χ3n) is 4.89. The molecule has 10 heteroatoms. The summed E-state index contributed by atoms with van der Waals surface area (Å²) in [6.07, 6.45) is 8.29. The molecule has 0 aliphatic carbocycles. The number of nitrogens with zero attached hydrogens (tertiary/aromatic N) is 1. The number of esters is 2. The van der Waals surface area contributed by atoms with Crippen molar-refractivity contribution in [2.75, 3.05) is 47.5 Å². The van der Waals surface area contributed by atoms with Crippen molar-refractivity contribution in [1.82, 2.24) is 0 Å². The monoisotopic (exact) mass is 496 g/mol. The van der Waals surface area contributed by atoms with Crippen molar-refractivity contribution < 1.29 is 42.1 Å². The Bertz CT molecular complexity index is 579. The van der Waals surface area contributed by atoms with Gasteiger partial charge in [0.25, 0.3) is 0 Å². The molecule has 0 spiro atoms. The zero-order valence-electron chi connectivity index (χ0n) is 21.4. The molecule has 2 atom stereocenters. The molecule has 0 saturated heterocycles. The first-order chi connectivity index (χ1) is 15.5. The lowest BCUT2D eigenvalue weighted by Crippen LogP contribution is -2.37. The van der Waals surface area contributed by atoms with Gasteiger partial charge in [0.1, 0.15) is 19.8 Å². The first-order valence-corrected chi connectivity index (χ1v) is 13.8. The molecule has 0 rings (SSSR count). The molecule has 0 aromatic carbocycles. The number of hydrogen-bond donors (Lipinski definition) is 1. The molecule has 0 aromatic rings. The van der Waals surface area contributed by atoms with Gasteiger partial charge < -0.3 is 18.9 Å². The van der Waals surface area contributed by atoms with E-state index >= 15 is 0 Å². The Labute approximate surface area is 200 Å². The van der Waals surface area contributed by atoms with Gasteiger partial charge in [-0.25, -0.2) is 4.57 Å². The second kappa shape index (κ2) is 18.4. The lowest BCUT2D eigenvalue weighted by molar-refractivity contribution is -0.870. The number of phosphoric ester groups is 1. The van der Waals surface area contributed by atoms with Gasteiger partial charge in [-0.2, -0.15) is 0 Å². The summed E-state index contributed by atoms with van der Waals surface area (Å²) in [7, 11) is 1.47. The molecule has 0 radical (unpaired) electrons. The molecule has 0 aliphatic heterocycles. The molecule has 1 unspecified atom stereocenters. The van der Waals surface area contributed by atoms with Crippen molar-refractivity contribution in [2.24, 2.45) is 0 Å². The van der Waals surface area contributed by atoms with E-state index in [1.54, 1.807) is 0 Å². The van der Waals surface area contributed by atoms with Crippen LogP contribution in [-0.4, -0.2) is 74.9 Å². The number of quaternary nitrogens is 1. The summed E-state index contributed by atoms with van der Waals surface area (Å²) in [5.41, 5.74) is 0. The average Bonchev–Trinajstić information content (AvgIpc) is 2.72. The van der Waals surface area contributed by atoms with Crippen LogP contribution in [-0.2, 0) is 32.7 Å². The molecular weight excluding hydrogens is 449 g/mol. The van der Waals surface area contributed by atoms with Crippen molar-refractivity contribution in [2.45, 2.75) is 90.6 Å². The summed E-state index contributed by atoms with van der Waals surface area (Å²) < 4.78 is 33.3. The molecule has 33 heavy (non-hydrogen) atoms. The van der Waals surface area contributed by atoms with Crippen molar-refractivity contribution in [3.8, 4) is 0 Å². The fourth-order valence-corrected chi connectivity index (χ4v) is 3.57. The van der Waals surface area contributed by atoms with Crippen LogP contribution in [0, 0.1) is 0 Å². The topological polar surface area (TPSA) is 108 Å². The maximum absolute atomic E-state index is 12.2. The Balaban J connectivity index is 4.63. The molecule has 0 heterocycles. The highest BCUT2D eigenvalue weighted by Crippen LogP contribution is 2.43. The third-order valence-corrected chi connectivity index (χ3v) is 5.87. The highest BCUT2D eigenvalue weighted by Gasteiger charge is 2.26. The molecular formula is C23H47NO8P+. The van der Waals surface area contributed by atoms with Crippen molar-refractivity contribution in [1.29, 1.82) is 0 Å². The number of carbonyl (C=O) groups excluding carboxylic acids is 2. The van der Waals surface area contributed by atoms with Crippen LogP contribution in [0.2, 0.25) is 0 Å². The fraction of sp³-hybridized carbons (Fsp3) is 0.913. The zero-order chi connectivity index (χ0) is 25.2. The summed E-state index contributed by atoms with van der Waals surface area (Å²) in [5.74, 6) is -0.837. The maximum Gasteiger partial charge on any atom is 0.472 e. The fourth-order valence-electron chi connectivity index (χ4n) is 2.83. The Morgan fingerprint density at radius 2 is 1.36 bits per heavy atom. The lowest BCUT2D eigenvalue weighted by Gasteiger charge is -2.24. The summed E-state index contributed by atoms with van der Waals surface area (Å²) >= 11 is 0. The van der Waals surface area contributed by atoms with Crippen LogP contribution >= 0.6 is 7.82 Å². The predicted octanol–water partition coefficient (Wildman–Crippen LogP) is 4.61. The minimum atomic E-state index is -4.32. The van der Waals surface area contributed by atoms with E-state index in [2.05, 4.69) is 13.8 Å². The van der Waals surface area contributed by atoms with Crippen molar-refractivity contribution in [3.63, 3.8) is 0 Å². The van der Waals surface area contributed by atoms with E-state index in [0.717, 1.165) is 51.4 Å². The zero-order valence-corrected chi connectivity index (χ0v) is 22.3. The van der Waals surface area contributed by atoms with Gasteiger partial charge >= 0.3 is 19.8 Å². The van der Waals surface area contributed by atoms with E-state index in [1.165, 1.54) is 0 Å².